The second-order valence-electron chi connectivity index (χ2n) is 15.3. The lowest BCUT2D eigenvalue weighted by Gasteiger charge is -2.47. The van der Waals surface area contributed by atoms with E-state index in [0.29, 0.717) is 53.5 Å². The molecule has 4 saturated carbocycles. The Hall–Kier alpha value is -5.94. The van der Waals surface area contributed by atoms with Gasteiger partial charge in [-0.25, -0.2) is 23.6 Å². The summed E-state index contributed by atoms with van der Waals surface area (Å²) in [5.41, 5.74) is 4.20. The molecule has 7 aromatic rings. The maximum Gasteiger partial charge on any atom is 0.311 e. The van der Waals surface area contributed by atoms with E-state index >= 15 is 4.39 Å². The summed E-state index contributed by atoms with van der Waals surface area (Å²) in [6.07, 6.45) is 4.48. The summed E-state index contributed by atoms with van der Waals surface area (Å²) in [4.78, 5) is 23.6. The van der Waals surface area contributed by atoms with Gasteiger partial charge in [-0.05, 0) is 84.7 Å². The Bertz CT molecular complexity index is 2460. The Balaban J connectivity index is 1.21. The first-order valence-corrected chi connectivity index (χ1v) is 19.5. The second-order valence-corrected chi connectivity index (χ2v) is 15.3. The van der Waals surface area contributed by atoms with Crippen molar-refractivity contribution in [3.05, 3.63) is 144 Å². The van der Waals surface area contributed by atoms with Crippen LogP contribution >= 0.6 is 0 Å². The zero-order valence-corrected chi connectivity index (χ0v) is 31.3. The van der Waals surface area contributed by atoms with Crippen LogP contribution in [0.4, 0.5) is 10.2 Å². The molecule has 6 atom stereocenters. The molecule has 0 spiro atoms. The number of fused-ring (bicyclic) bond motifs is 4. The number of esters is 1. The summed E-state index contributed by atoms with van der Waals surface area (Å²) in [5, 5.41) is 14.8. The van der Waals surface area contributed by atoms with Crippen LogP contribution in [0, 0.1) is 35.4 Å². The van der Waals surface area contributed by atoms with E-state index in [0.717, 1.165) is 47.2 Å². The standard InChI is InChI=1S/C45H42FN7O3/c1-3-56-44(54)38-32-20-21-33(35-24-34(32)35)39(38)48-41-37-22-19-31(26-55-2)52(37)51-42(49-41)40-36-23-30(46)25-47-43(36)53(50-40)45(27-13-7-4-8-14-27,28-15-9-5-10-16-28)29-17-11-6-12-18-29/h4-19,22-23,25,32-35,38-39H,3,20-21,24,26H2,1-2H3,(H,48,49,51)/t32-,33+,34?,35?,38+,39+/m0/s1. The molecule has 4 fully saturated rings. The van der Waals surface area contributed by atoms with Gasteiger partial charge in [-0.3, -0.25) is 4.79 Å². The highest BCUT2D eigenvalue weighted by molar-refractivity contribution is 5.90. The summed E-state index contributed by atoms with van der Waals surface area (Å²) in [5.74, 6) is 1.74. The molecule has 4 aliphatic rings. The molecule has 10 nitrogen and oxygen atoms in total. The van der Waals surface area contributed by atoms with Gasteiger partial charge in [0.2, 0.25) is 5.82 Å². The van der Waals surface area contributed by atoms with Crippen LogP contribution in [0.15, 0.2) is 115 Å². The molecule has 2 bridgehead atoms. The van der Waals surface area contributed by atoms with Crippen molar-refractivity contribution in [3.63, 3.8) is 0 Å². The van der Waals surface area contributed by atoms with Gasteiger partial charge in [0.25, 0.3) is 0 Å². The van der Waals surface area contributed by atoms with Crippen LogP contribution < -0.4 is 5.32 Å². The lowest BCUT2D eigenvalue weighted by molar-refractivity contribution is -0.155. The van der Waals surface area contributed by atoms with Crippen molar-refractivity contribution in [3.8, 4) is 11.5 Å². The van der Waals surface area contributed by atoms with Gasteiger partial charge in [0, 0.05) is 13.2 Å². The topological polar surface area (TPSA) is 108 Å². The number of pyridine rings is 1. The maximum atomic E-state index is 15.5. The van der Waals surface area contributed by atoms with E-state index in [2.05, 4.69) is 41.7 Å². The van der Waals surface area contributed by atoms with E-state index in [4.69, 9.17) is 29.6 Å². The normalized spacial score (nSPS) is 22.6. The Morgan fingerprint density at radius 2 is 1.50 bits per heavy atom. The van der Waals surface area contributed by atoms with E-state index in [1.807, 2.05) is 82.9 Å². The van der Waals surface area contributed by atoms with Gasteiger partial charge in [-0.15, -0.1) is 5.10 Å². The molecule has 4 heterocycles. The molecular formula is C45H42FN7O3. The quantitative estimate of drug-likeness (QED) is 0.105. The molecule has 11 heteroatoms. The number of nitrogens with zero attached hydrogens (tertiary/aromatic N) is 6. The predicted octanol–water partition coefficient (Wildman–Crippen LogP) is 7.90. The van der Waals surface area contributed by atoms with Gasteiger partial charge in [-0.1, -0.05) is 91.0 Å². The van der Waals surface area contributed by atoms with Crippen LogP contribution in [0.25, 0.3) is 28.1 Å². The maximum absolute atomic E-state index is 15.5. The highest BCUT2D eigenvalue weighted by Crippen LogP contribution is 2.64. The van der Waals surface area contributed by atoms with Crippen LogP contribution in [0.3, 0.4) is 0 Å². The summed E-state index contributed by atoms with van der Waals surface area (Å²) >= 11 is 0. The average molecular weight is 748 g/mol. The summed E-state index contributed by atoms with van der Waals surface area (Å²) < 4.78 is 30.5. The molecule has 2 unspecified atom stereocenters. The fourth-order valence-electron chi connectivity index (χ4n) is 10.2. The molecular weight excluding hydrogens is 706 g/mol. The molecule has 56 heavy (non-hydrogen) atoms. The lowest BCUT2D eigenvalue weighted by Crippen LogP contribution is -2.53. The molecule has 3 aromatic carbocycles. The third-order valence-electron chi connectivity index (χ3n) is 12.5. The third kappa shape index (κ3) is 5.35. The van der Waals surface area contributed by atoms with E-state index in [1.165, 1.54) is 12.3 Å². The summed E-state index contributed by atoms with van der Waals surface area (Å²) in [7, 11) is 1.65. The Morgan fingerprint density at radius 3 is 2.14 bits per heavy atom. The monoisotopic (exact) mass is 747 g/mol. The largest absolute Gasteiger partial charge is 0.466 e. The van der Waals surface area contributed by atoms with Crippen LogP contribution in [-0.4, -0.2) is 55.1 Å². The Kier molecular flexibility index (Phi) is 8.43. The number of hydrogen-bond donors (Lipinski definition) is 1. The van der Waals surface area contributed by atoms with E-state index in [9.17, 15) is 4.79 Å². The molecule has 4 aliphatic carbocycles. The fourth-order valence-corrected chi connectivity index (χ4v) is 10.2. The third-order valence-corrected chi connectivity index (χ3v) is 12.5. The first-order valence-electron chi connectivity index (χ1n) is 19.5. The van der Waals surface area contributed by atoms with E-state index < -0.39 is 11.4 Å². The second kappa shape index (κ2) is 13.7. The molecule has 4 aromatic heterocycles. The van der Waals surface area contributed by atoms with Crippen molar-refractivity contribution in [2.45, 2.75) is 44.4 Å². The molecule has 1 N–H and O–H groups in total. The number of anilines is 1. The smallest absolute Gasteiger partial charge is 0.311 e. The van der Waals surface area contributed by atoms with Crippen LogP contribution in [-0.2, 0) is 26.4 Å². The van der Waals surface area contributed by atoms with E-state index in [1.54, 1.807) is 7.11 Å². The molecule has 0 aliphatic heterocycles. The van der Waals surface area contributed by atoms with Crippen LogP contribution in [0.1, 0.15) is 48.6 Å². The number of rotatable bonds is 11. The number of benzene rings is 3. The van der Waals surface area contributed by atoms with Crippen molar-refractivity contribution in [1.29, 1.82) is 0 Å². The minimum absolute atomic E-state index is 0.142. The number of halogens is 1. The highest BCUT2D eigenvalue weighted by Gasteiger charge is 2.63. The van der Waals surface area contributed by atoms with Crippen molar-refractivity contribution >= 4 is 28.3 Å². The van der Waals surface area contributed by atoms with Gasteiger partial charge in [0.1, 0.15) is 22.6 Å². The summed E-state index contributed by atoms with van der Waals surface area (Å²) in [6.45, 7) is 2.51. The number of carbonyl (C=O) groups excluding carboxylic acids is 1. The first-order chi connectivity index (χ1) is 27.5. The minimum atomic E-state index is -1.03. The van der Waals surface area contributed by atoms with E-state index in [-0.39, 0.29) is 29.7 Å². The highest BCUT2D eigenvalue weighted by atomic mass is 19.1. The Labute approximate surface area is 323 Å². The van der Waals surface area contributed by atoms with Gasteiger partial charge < -0.3 is 14.8 Å². The lowest BCUT2D eigenvalue weighted by atomic mass is 9.61. The van der Waals surface area contributed by atoms with Crippen LogP contribution in [0.2, 0.25) is 0 Å². The van der Waals surface area contributed by atoms with Crippen molar-refractivity contribution in [2.75, 3.05) is 19.0 Å². The molecule has 11 rings (SSSR count). The number of aromatic nitrogens is 6. The number of carbonyl (C=O) groups is 1. The Morgan fingerprint density at radius 1 is 0.857 bits per heavy atom. The average Bonchev–Trinajstić information content (AvgIpc) is 3.85. The molecule has 0 amide bonds. The molecule has 0 saturated heterocycles. The van der Waals surface area contributed by atoms with Crippen LogP contribution in [0.5, 0.6) is 0 Å². The first kappa shape index (κ1) is 34.5. The number of nitrogens with one attached hydrogen (secondary N) is 1. The van der Waals surface area contributed by atoms with Crippen molar-refractivity contribution in [1.82, 2.24) is 29.4 Å². The minimum Gasteiger partial charge on any atom is -0.466 e. The number of hydrogen-bond acceptors (Lipinski definition) is 8. The molecule has 0 radical (unpaired) electrons. The fraction of sp³-hybridized carbons (Fsp3) is 0.311. The zero-order chi connectivity index (χ0) is 38.0. The van der Waals surface area contributed by atoms with Gasteiger partial charge >= 0.3 is 5.97 Å². The number of ether oxygens (including phenoxy) is 2. The SMILES string of the molecule is CCOC(=O)[C@H]1[C@H](Nc2nc(-c3nn(C(c4ccccc4)(c4ccccc4)c4ccccc4)c4ncc(F)cc34)nn3c(COC)ccc23)[C@@H]2CC[C@H]1C1CC12. The van der Waals surface area contributed by atoms with Crippen molar-refractivity contribution < 1.29 is 18.7 Å². The number of methoxy groups -OCH3 is 1. The van der Waals surface area contributed by atoms with Crippen molar-refractivity contribution in [2.24, 2.45) is 29.6 Å². The van der Waals surface area contributed by atoms with Gasteiger partial charge in [-0.2, -0.15) is 5.10 Å². The van der Waals surface area contributed by atoms with Gasteiger partial charge in [0.15, 0.2) is 11.5 Å². The molecule has 282 valence electrons. The van der Waals surface area contributed by atoms with Gasteiger partial charge in [0.05, 0.1) is 36.4 Å². The predicted molar refractivity (Wildman–Crippen MR) is 210 cm³/mol. The summed E-state index contributed by atoms with van der Waals surface area (Å²) in [6, 6.07) is 35.8. The zero-order valence-electron chi connectivity index (χ0n) is 31.3.